The largest absolute Gasteiger partial charge is 0.354 e. The molecule has 2 atom stereocenters. The smallest absolute Gasteiger partial charge is 0.245 e. The molecule has 2 aliphatic heterocycles. The lowest BCUT2D eigenvalue weighted by Gasteiger charge is -2.47. The fraction of sp³-hybridized carbons (Fsp3) is 0.579. The highest BCUT2D eigenvalue weighted by Gasteiger charge is 2.48. The number of fused-ring (bicyclic) bond motifs is 1. The van der Waals surface area contributed by atoms with E-state index in [0.29, 0.717) is 24.6 Å². The molecule has 3 heterocycles. The van der Waals surface area contributed by atoms with Gasteiger partial charge in [0, 0.05) is 37.5 Å². The number of anilines is 1. The second-order valence-corrected chi connectivity index (χ2v) is 7.40. The van der Waals surface area contributed by atoms with Crippen LogP contribution in [-0.4, -0.2) is 53.6 Å². The number of hydrogen-bond acceptors (Lipinski definition) is 6. The third kappa shape index (κ3) is 2.96. The van der Waals surface area contributed by atoms with Gasteiger partial charge >= 0.3 is 0 Å². The predicted molar refractivity (Wildman–Crippen MR) is 102 cm³/mol. The quantitative estimate of drug-likeness (QED) is 0.822. The van der Waals surface area contributed by atoms with Crippen LogP contribution in [0, 0.1) is 5.92 Å². The van der Waals surface area contributed by atoms with E-state index in [1.54, 1.807) is 6.20 Å². The average Bonchev–Trinajstić information content (AvgIpc) is 3.04. The van der Waals surface area contributed by atoms with E-state index < -0.39 is 11.7 Å². The zero-order chi connectivity index (χ0) is 19.0. The van der Waals surface area contributed by atoms with E-state index in [4.69, 9.17) is 4.98 Å². The summed E-state index contributed by atoms with van der Waals surface area (Å²) >= 11 is 0. The Kier molecular flexibility index (Phi) is 4.57. The van der Waals surface area contributed by atoms with Crippen LogP contribution in [-0.2, 0) is 4.79 Å². The van der Waals surface area contributed by atoms with Crippen molar-refractivity contribution in [1.82, 2.24) is 20.6 Å². The molecule has 1 amide bonds. The Morgan fingerprint density at radius 1 is 1.48 bits per heavy atom. The number of carbonyl (C=O) groups excluding carboxylic acids is 1. The van der Waals surface area contributed by atoms with Gasteiger partial charge in [0.2, 0.25) is 5.91 Å². The molecule has 1 aromatic rings. The predicted octanol–water partition coefficient (Wildman–Crippen LogP) is 1.67. The van der Waals surface area contributed by atoms with Gasteiger partial charge in [-0.15, -0.1) is 0 Å². The number of aromatic nitrogens is 2. The standard InChI is InChI=1S/C19H25FN6O/c1-3-21-18(27)19(6-4-7-19)26(2)15-5-8-22-17(25-15)14-11-24-16-13(14)9-12(20)10-23-16/h5,8,11-13H,3-4,6-7,9-10H2,1-2H3,(H,21,27)(H,23,24). The summed E-state index contributed by atoms with van der Waals surface area (Å²) in [7, 11) is 1.91. The molecule has 4 rings (SSSR count). The first-order chi connectivity index (χ1) is 13.0. The van der Waals surface area contributed by atoms with Crippen LogP contribution in [0.25, 0.3) is 5.57 Å². The summed E-state index contributed by atoms with van der Waals surface area (Å²) in [5, 5.41) is 6.08. The van der Waals surface area contributed by atoms with Gasteiger partial charge in [-0.3, -0.25) is 9.79 Å². The summed E-state index contributed by atoms with van der Waals surface area (Å²) in [5.74, 6) is 1.96. The number of rotatable bonds is 5. The fourth-order valence-corrected chi connectivity index (χ4v) is 4.09. The Hall–Kier alpha value is -2.51. The first kappa shape index (κ1) is 17.9. The van der Waals surface area contributed by atoms with E-state index in [1.165, 1.54) is 0 Å². The van der Waals surface area contributed by atoms with Gasteiger partial charge in [-0.2, -0.15) is 0 Å². The van der Waals surface area contributed by atoms with Crippen molar-refractivity contribution in [3.63, 3.8) is 0 Å². The van der Waals surface area contributed by atoms with Crippen molar-refractivity contribution < 1.29 is 9.18 Å². The third-order valence-electron chi connectivity index (χ3n) is 5.86. The number of carbonyl (C=O) groups is 1. The molecule has 1 aromatic heterocycles. The van der Waals surface area contributed by atoms with Gasteiger partial charge in [0.15, 0.2) is 5.82 Å². The second kappa shape index (κ2) is 6.90. The zero-order valence-electron chi connectivity index (χ0n) is 15.7. The number of nitrogens with one attached hydrogen (secondary N) is 2. The molecule has 0 radical (unpaired) electrons. The first-order valence-electron chi connectivity index (χ1n) is 9.55. The highest BCUT2D eigenvalue weighted by atomic mass is 19.1. The van der Waals surface area contributed by atoms with Gasteiger partial charge in [-0.05, 0) is 38.7 Å². The number of amides is 1. The van der Waals surface area contributed by atoms with Gasteiger partial charge in [-0.25, -0.2) is 14.4 Å². The van der Waals surface area contributed by atoms with Crippen molar-refractivity contribution in [3.8, 4) is 0 Å². The molecule has 27 heavy (non-hydrogen) atoms. The Morgan fingerprint density at radius 2 is 2.30 bits per heavy atom. The average molecular weight is 372 g/mol. The van der Waals surface area contributed by atoms with E-state index in [9.17, 15) is 9.18 Å². The van der Waals surface area contributed by atoms with Crippen molar-refractivity contribution in [2.24, 2.45) is 10.9 Å². The van der Waals surface area contributed by atoms with E-state index in [2.05, 4.69) is 20.6 Å². The Labute approximate surface area is 158 Å². The van der Waals surface area contributed by atoms with E-state index >= 15 is 0 Å². The maximum Gasteiger partial charge on any atom is 0.245 e. The zero-order valence-corrected chi connectivity index (χ0v) is 15.7. The van der Waals surface area contributed by atoms with Crippen molar-refractivity contribution in [3.05, 3.63) is 24.3 Å². The minimum absolute atomic E-state index is 0.0441. The summed E-state index contributed by atoms with van der Waals surface area (Å²) in [6.07, 6.45) is 5.61. The number of alkyl halides is 1. The molecule has 0 bridgehead atoms. The SMILES string of the molecule is CCNC(=O)C1(N(C)c2ccnc(C3=CNC4=NCC(F)CC34)n2)CCC1. The molecule has 1 aliphatic carbocycles. The summed E-state index contributed by atoms with van der Waals surface area (Å²) in [6.45, 7) is 2.74. The van der Waals surface area contributed by atoms with Crippen LogP contribution in [0.1, 0.15) is 38.4 Å². The highest BCUT2D eigenvalue weighted by Crippen LogP contribution is 2.40. The minimum atomic E-state index is -0.941. The van der Waals surface area contributed by atoms with Gasteiger partial charge in [0.1, 0.15) is 23.4 Å². The Bertz CT molecular complexity index is 803. The summed E-state index contributed by atoms with van der Waals surface area (Å²) < 4.78 is 13.8. The van der Waals surface area contributed by atoms with Crippen LogP contribution < -0.4 is 15.5 Å². The number of halogens is 1. The van der Waals surface area contributed by atoms with E-state index in [1.807, 2.05) is 31.1 Å². The van der Waals surface area contributed by atoms with Gasteiger partial charge < -0.3 is 15.5 Å². The van der Waals surface area contributed by atoms with Crippen LogP contribution in [0.5, 0.6) is 0 Å². The molecule has 1 saturated carbocycles. The molecule has 0 aromatic carbocycles. The molecule has 2 N–H and O–H groups in total. The number of amidine groups is 1. The van der Waals surface area contributed by atoms with Crippen LogP contribution in [0.15, 0.2) is 23.5 Å². The molecule has 7 nitrogen and oxygen atoms in total. The molecule has 2 unspecified atom stereocenters. The van der Waals surface area contributed by atoms with Gasteiger partial charge in [0.25, 0.3) is 0 Å². The summed E-state index contributed by atoms with van der Waals surface area (Å²) in [5.41, 5.74) is 0.304. The maximum atomic E-state index is 13.8. The Balaban J connectivity index is 1.61. The van der Waals surface area contributed by atoms with Gasteiger partial charge in [0.05, 0.1) is 6.54 Å². The number of aliphatic imine (C=N–C) groups is 1. The lowest BCUT2D eigenvalue weighted by atomic mass is 9.74. The summed E-state index contributed by atoms with van der Waals surface area (Å²) in [4.78, 5) is 28.0. The van der Waals surface area contributed by atoms with Crippen LogP contribution >= 0.6 is 0 Å². The monoisotopic (exact) mass is 372 g/mol. The van der Waals surface area contributed by atoms with Crippen LogP contribution in [0.4, 0.5) is 10.2 Å². The van der Waals surface area contributed by atoms with E-state index in [-0.39, 0.29) is 18.4 Å². The number of nitrogens with zero attached hydrogens (tertiary/aromatic N) is 4. The molecular formula is C19H25FN6O. The van der Waals surface area contributed by atoms with Crippen molar-refractivity contribution in [1.29, 1.82) is 0 Å². The molecule has 0 saturated heterocycles. The molecule has 144 valence electrons. The number of hydrogen-bond donors (Lipinski definition) is 2. The van der Waals surface area contributed by atoms with Crippen molar-refractivity contribution >= 4 is 23.1 Å². The minimum Gasteiger partial charge on any atom is -0.354 e. The third-order valence-corrected chi connectivity index (χ3v) is 5.86. The lowest BCUT2D eigenvalue weighted by Crippen LogP contribution is -2.62. The summed E-state index contributed by atoms with van der Waals surface area (Å²) in [6, 6.07) is 1.82. The number of likely N-dealkylation sites (N-methyl/N-ethyl adjacent to an activating group) is 2. The maximum absolute atomic E-state index is 13.8. The molecule has 1 fully saturated rings. The van der Waals surface area contributed by atoms with Crippen molar-refractivity contribution in [2.75, 3.05) is 25.0 Å². The van der Waals surface area contributed by atoms with Crippen LogP contribution in [0.3, 0.4) is 0 Å². The van der Waals surface area contributed by atoms with Crippen molar-refractivity contribution in [2.45, 2.75) is 44.3 Å². The van der Waals surface area contributed by atoms with E-state index in [0.717, 1.165) is 30.7 Å². The second-order valence-electron chi connectivity index (χ2n) is 7.40. The normalized spacial score (nSPS) is 25.4. The van der Waals surface area contributed by atoms with Gasteiger partial charge in [-0.1, -0.05) is 0 Å². The first-order valence-corrected chi connectivity index (χ1v) is 9.55. The topological polar surface area (TPSA) is 82.5 Å². The molecule has 3 aliphatic rings. The molecular weight excluding hydrogens is 347 g/mol. The lowest BCUT2D eigenvalue weighted by molar-refractivity contribution is -0.129. The molecule has 8 heteroatoms. The van der Waals surface area contributed by atoms with Crippen LogP contribution in [0.2, 0.25) is 0 Å². The molecule has 0 spiro atoms. The Morgan fingerprint density at radius 3 is 3.00 bits per heavy atom. The highest BCUT2D eigenvalue weighted by molar-refractivity contribution is 6.00. The fourth-order valence-electron chi connectivity index (χ4n) is 4.09.